The minimum Gasteiger partial charge on any atom is -0.0616 e. The summed E-state index contributed by atoms with van der Waals surface area (Å²) in [5.74, 6) is 0. The number of hydrogen-bond donors (Lipinski definition) is 0. The number of hydrogen-bond acceptors (Lipinski definition) is 0. The van der Waals surface area contributed by atoms with Gasteiger partial charge in [0.25, 0.3) is 0 Å². The number of rotatable bonds is 3. The third-order valence-electron chi connectivity index (χ3n) is 13.1. The molecule has 13 aromatic rings. The van der Waals surface area contributed by atoms with Crippen molar-refractivity contribution in [1.82, 2.24) is 0 Å². The van der Waals surface area contributed by atoms with Gasteiger partial charge in [-0.05, 0) is 167 Å². The highest BCUT2D eigenvalue weighted by atomic mass is 14.2. The van der Waals surface area contributed by atoms with Crippen LogP contribution in [0.25, 0.3) is 130 Å². The van der Waals surface area contributed by atoms with Crippen LogP contribution < -0.4 is 0 Å². The molecule has 60 heavy (non-hydrogen) atoms. The normalized spacial score (nSPS) is 12.0. The second kappa shape index (κ2) is 12.9. The molecule has 0 N–H and O–H groups in total. The maximum Gasteiger partial charge on any atom is -0.00199 e. The van der Waals surface area contributed by atoms with Gasteiger partial charge in [-0.15, -0.1) is 0 Å². The van der Waals surface area contributed by atoms with Gasteiger partial charge in [0.05, 0.1) is 0 Å². The molecule has 0 fully saturated rings. The first-order chi connectivity index (χ1) is 29.7. The van der Waals surface area contributed by atoms with Gasteiger partial charge in [0.1, 0.15) is 0 Å². The fourth-order valence-electron chi connectivity index (χ4n) is 10.3. The van der Waals surface area contributed by atoms with E-state index in [0.29, 0.717) is 0 Å². The Morgan fingerprint density at radius 1 is 0.167 bits per heavy atom. The van der Waals surface area contributed by atoms with Crippen molar-refractivity contribution in [3.05, 3.63) is 218 Å². The summed E-state index contributed by atoms with van der Waals surface area (Å²) in [4.78, 5) is 0. The van der Waals surface area contributed by atoms with Gasteiger partial charge in [-0.25, -0.2) is 0 Å². The van der Waals surface area contributed by atoms with Crippen LogP contribution in [0.2, 0.25) is 0 Å². The van der Waals surface area contributed by atoms with E-state index in [1.807, 2.05) is 0 Å². The lowest BCUT2D eigenvalue weighted by molar-refractivity contribution is 1.66. The Morgan fingerprint density at radius 2 is 0.550 bits per heavy atom. The highest BCUT2D eigenvalue weighted by Crippen LogP contribution is 2.44. The van der Waals surface area contributed by atoms with E-state index in [-0.39, 0.29) is 0 Å². The maximum atomic E-state index is 2.44. The van der Waals surface area contributed by atoms with Crippen LogP contribution in [-0.4, -0.2) is 0 Å². The summed E-state index contributed by atoms with van der Waals surface area (Å²) in [6.07, 6.45) is 0. The predicted octanol–water partition coefficient (Wildman–Crippen LogP) is 17.1. The maximum absolute atomic E-state index is 2.44. The second-order valence-electron chi connectivity index (χ2n) is 16.4. The third-order valence-corrected chi connectivity index (χ3v) is 13.1. The zero-order valence-corrected chi connectivity index (χ0v) is 32.8. The summed E-state index contributed by atoms with van der Waals surface area (Å²) in [5.41, 5.74) is 7.45. The number of benzene rings is 13. The molecule has 13 rings (SSSR count). The van der Waals surface area contributed by atoms with Crippen LogP contribution in [0.4, 0.5) is 0 Å². The summed E-state index contributed by atoms with van der Waals surface area (Å²) in [6, 6.07) is 81.4. The molecule has 0 spiro atoms. The number of fused-ring (bicyclic) bond motifs is 15. The van der Waals surface area contributed by atoms with Crippen molar-refractivity contribution >= 4 is 97.0 Å². The van der Waals surface area contributed by atoms with Gasteiger partial charge in [-0.2, -0.15) is 0 Å². The van der Waals surface area contributed by atoms with Gasteiger partial charge in [-0.1, -0.05) is 182 Å². The summed E-state index contributed by atoms with van der Waals surface area (Å²) in [5, 5.41) is 23.1. The molecule has 0 unspecified atom stereocenters. The Bertz CT molecular complexity index is 3940. The summed E-state index contributed by atoms with van der Waals surface area (Å²) in [7, 11) is 0. The topological polar surface area (TPSA) is 0 Å². The molecule has 0 nitrogen and oxygen atoms in total. The highest BCUT2D eigenvalue weighted by molar-refractivity contribution is 6.33. The lowest BCUT2D eigenvalue weighted by Gasteiger charge is -2.16. The molecule has 0 saturated carbocycles. The summed E-state index contributed by atoms with van der Waals surface area (Å²) in [6.45, 7) is 0. The van der Waals surface area contributed by atoms with E-state index in [1.165, 1.54) is 130 Å². The van der Waals surface area contributed by atoms with E-state index in [1.54, 1.807) is 0 Å². The van der Waals surface area contributed by atoms with Crippen molar-refractivity contribution in [1.29, 1.82) is 0 Å². The lowest BCUT2D eigenvalue weighted by atomic mass is 9.87. The quantitative estimate of drug-likeness (QED) is 0.158. The minimum atomic E-state index is 1.22. The van der Waals surface area contributed by atoms with E-state index in [4.69, 9.17) is 0 Å². The SMILES string of the molecule is c1ccc2c(c1)ccc1cc(-c3ccc4ccc(-c5ccc6cc(-c7cc8c9ccccc9c9ccccc9c8c8ccccc78)ccc6c5)cc4c3)c3ccccc3c12. The molecule has 0 amide bonds. The largest absolute Gasteiger partial charge is 0.0616 e. The van der Waals surface area contributed by atoms with Gasteiger partial charge >= 0.3 is 0 Å². The zero-order valence-electron chi connectivity index (χ0n) is 32.8. The first-order valence-corrected chi connectivity index (χ1v) is 20.9. The molecule has 0 saturated heterocycles. The lowest BCUT2D eigenvalue weighted by Crippen LogP contribution is -1.89. The van der Waals surface area contributed by atoms with E-state index < -0.39 is 0 Å². The standard InChI is InChI=1S/C60H36/c1-2-12-47-38(11-1)23-30-45-35-56(51-16-6-8-18-53(51)59(45)47)44-28-22-37-21-24-42(33-46(37)34-44)39-25-26-41-32-43(29-27-40(41)31-39)57-36-58-50-15-4-3-13-48(50)49-14-5-9-19-54(49)60(58)55-20-10-7-17-52(55)57/h1-36H. The van der Waals surface area contributed by atoms with Crippen molar-refractivity contribution in [3.63, 3.8) is 0 Å². The molecular formula is C60H36. The van der Waals surface area contributed by atoms with Gasteiger partial charge < -0.3 is 0 Å². The molecular weight excluding hydrogens is 721 g/mol. The Hall–Kier alpha value is -7.80. The zero-order chi connectivity index (χ0) is 39.3. The van der Waals surface area contributed by atoms with Gasteiger partial charge in [0.15, 0.2) is 0 Å². The Labute approximate surface area is 347 Å². The predicted molar refractivity (Wildman–Crippen MR) is 260 cm³/mol. The highest BCUT2D eigenvalue weighted by Gasteiger charge is 2.16. The summed E-state index contributed by atoms with van der Waals surface area (Å²) >= 11 is 0. The molecule has 0 aliphatic heterocycles. The van der Waals surface area contributed by atoms with Gasteiger partial charge in [0.2, 0.25) is 0 Å². The molecule has 0 bridgehead atoms. The van der Waals surface area contributed by atoms with Crippen LogP contribution >= 0.6 is 0 Å². The molecule has 0 atom stereocenters. The first kappa shape index (κ1) is 33.2. The van der Waals surface area contributed by atoms with Crippen LogP contribution in [0.1, 0.15) is 0 Å². The van der Waals surface area contributed by atoms with Crippen molar-refractivity contribution in [3.8, 4) is 33.4 Å². The van der Waals surface area contributed by atoms with Crippen molar-refractivity contribution in [2.24, 2.45) is 0 Å². The second-order valence-corrected chi connectivity index (χ2v) is 16.4. The average Bonchev–Trinajstić information content (AvgIpc) is 3.32. The van der Waals surface area contributed by atoms with Crippen molar-refractivity contribution in [2.75, 3.05) is 0 Å². The van der Waals surface area contributed by atoms with Crippen LogP contribution in [0, 0.1) is 0 Å². The molecule has 0 heteroatoms. The molecule has 13 aromatic carbocycles. The molecule has 0 radical (unpaired) electrons. The van der Waals surface area contributed by atoms with Crippen LogP contribution in [-0.2, 0) is 0 Å². The van der Waals surface area contributed by atoms with E-state index in [2.05, 4.69) is 218 Å². The van der Waals surface area contributed by atoms with Crippen molar-refractivity contribution in [2.45, 2.75) is 0 Å². The monoisotopic (exact) mass is 756 g/mol. The molecule has 0 aliphatic rings. The smallest absolute Gasteiger partial charge is 0.00199 e. The molecule has 0 aromatic heterocycles. The van der Waals surface area contributed by atoms with Crippen LogP contribution in [0.5, 0.6) is 0 Å². The fourth-order valence-corrected chi connectivity index (χ4v) is 10.3. The average molecular weight is 757 g/mol. The fraction of sp³-hybridized carbons (Fsp3) is 0. The van der Waals surface area contributed by atoms with E-state index in [9.17, 15) is 0 Å². The molecule has 276 valence electrons. The Balaban J connectivity index is 0.917. The van der Waals surface area contributed by atoms with Crippen LogP contribution in [0.3, 0.4) is 0 Å². The van der Waals surface area contributed by atoms with Gasteiger partial charge in [-0.3, -0.25) is 0 Å². The molecule has 0 heterocycles. The minimum absolute atomic E-state index is 1.22. The van der Waals surface area contributed by atoms with E-state index >= 15 is 0 Å². The van der Waals surface area contributed by atoms with E-state index in [0.717, 1.165) is 0 Å². The Kier molecular flexibility index (Phi) is 7.11. The summed E-state index contributed by atoms with van der Waals surface area (Å²) < 4.78 is 0. The van der Waals surface area contributed by atoms with Crippen molar-refractivity contribution < 1.29 is 0 Å². The third kappa shape index (κ3) is 4.98. The first-order valence-electron chi connectivity index (χ1n) is 20.9. The van der Waals surface area contributed by atoms with Crippen LogP contribution in [0.15, 0.2) is 218 Å². The van der Waals surface area contributed by atoms with Gasteiger partial charge in [0, 0.05) is 0 Å². The Morgan fingerprint density at radius 3 is 1.20 bits per heavy atom. The molecule has 0 aliphatic carbocycles.